The van der Waals surface area contributed by atoms with E-state index in [4.69, 9.17) is 0 Å². The summed E-state index contributed by atoms with van der Waals surface area (Å²) in [5, 5.41) is 5.29. The molecule has 2 heterocycles. The number of thiazole rings is 1. The van der Waals surface area contributed by atoms with Gasteiger partial charge in [0.2, 0.25) is 5.91 Å². The van der Waals surface area contributed by atoms with Gasteiger partial charge in [0.15, 0.2) is 5.13 Å². The summed E-state index contributed by atoms with van der Waals surface area (Å²) in [7, 11) is 0. The van der Waals surface area contributed by atoms with E-state index in [1.807, 2.05) is 17.5 Å². The molecule has 6 nitrogen and oxygen atoms in total. The van der Waals surface area contributed by atoms with Gasteiger partial charge in [0, 0.05) is 28.6 Å². The molecule has 0 aliphatic heterocycles. The van der Waals surface area contributed by atoms with Crippen LogP contribution in [0.15, 0.2) is 34.4 Å². The molecule has 0 bridgehead atoms. The van der Waals surface area contributed by atoms with Crippen LogP contribution in [0.4, 0.5) is 5.13 Å². The Labute approximate surface area is 161 Å². The normalized spacial score (nSPS) is 10.8. The third-order valence-corrected chi connectivity index (χ3v) is 5.11. The summed E-state index contributed by atoms with van der Waals surface area (Å²) < 4.78 is 0. The number of nitrogens with one attached hydrogen (secondary N) is 2. The molecule has 0 unspecified atom stereocenters. The molecule has 0 atom stereocenters. The Morgan fingerprint density at radius 3 is 2.59 bits per heavy atom. The lowest BCUT2D eigenvalue weighted by atomic mass is 10.1. The van der Waals surface area contributed by atoms with Crippen molar-refractivity contribution in [2.75, 3.05) is 5.32 Å². The van der Waals surface area contributed by atoms with Crippen molar-refractivity contribution in [3.63, 3.8) is 0 Å². The molecule has 140 valence electrons. The van der Waals surface area contributed by atoms with Crippen LogP contribution in [0.2, 0.25) is 0 Å². The standard InChI is InChI=1S/C20H22N4O2S/c1-4-14-5-7-15(8-6-14)17-11-27-20(23-17)24-18(25)10-9-16-12(2)21-13(3)22-19(16)26/h5-8,11H,4,9-10H2,1-3H3,(H,21,22,26)(H,23,24,25). The van der Waals surface area contributed by atoms with Crippen molar-refractivity contribution in [1.82, 2.24) is 15.0 Å². The fourth-order valence-corrected chi connectivity index (χ4v) is 3.58. The Hall–Kier alpha value is -2.80. The number of carbonyl (C=O) groups excluding carboxylic acids is 1. The average molecular weight is 382 g/mol. The molecule has 0 fully saturated rings. The highest BCUT2D eigenvalue weighted by Crippen LogP contribution is 2.25. The van der Waals surface area contributed by atoms with Gasteiger partial charge in [-0.15, -0.1) is 11.3 Å². The van der Waals surface area contributed by atoms with E-state index in [0.29, 0.717) is 28.6 Å². The van der Waals surface area contributed by atoms with Crippen LogP contribution in [0.5, 0.6) is 0 Å². The van der Waals surface area contributed by atoms with Gasteiger partial charge >= 0.3 is 0 Å². The second kappa shape index (κ2) is 8.26. The molecule has 1 amide bonds. The topological polar surface area (TPSA) is 87.7 Å². The summed E-state index contributed by atoms with van der Waals surface area (Å²) in [4.78, 5) is 35.6. The second-order valence-corrected chi connectivity index (χ2v) is 7.21. The monoisotopic (exact) mass is 382 g/mol. The van der Waals surface area contributed by atoms with Crippen molar-refractivity contribution in [3.05, 3.63) is 62.6 Å². The SMILES string of the molecule is CCc1ccc(-c2csc(NC(=O)CCc3c(C)nc(C)[nH]c3=O)n2)cc1. The summed E-state index contributed by atoms with van der Waals surface area (Å²) >= 11 is 1.39. The maximum absolute atomic E-state index is 12.2. The van der Waals surface area contributed by atoms with Crippen LogP contribution < -0.4 is 10.9 Å². The van der Waals surface area contributed by atoms with Crippen molar-refractivity contribution >= 4 is 22.4 Å². The molecule has 0 saturated heterocycles. The molecule has 2 N–H and O–H groups in total. The first-order valence-corrected chi connectivity index (χ1v) is 9.75. The minimum Gasteiger partial charge on any atom is -0.311 e. The quantitative estimate of drug-likeness (QED) is 0.681. The number of aromatic amines is 1. The largest absolute Gasteiger partial charge is 0.311 e. The number of carbonyl (C=O) groups is 1. The smallest absolute Gasteiger partial charge is 0.254 e. The molecule has 27 heavy (non-hydrogen) atoms. The molecule has 0 aliphatic carbocycles. The first-order valence-electron chi connectivity index (χ1n) is 8.87. The molecule has 3 aromatic rings. The lowest BCUT2D eigenvalue weighted by Crippen LogP contribution is -2.20. The maximum Gasteiger partial charge on any atom is 0.254 e. The zero-order valence-electron chi connectivity index (χ0n) is 15.6. The van der Waals surface area contributed by atoms with E-state index >= 15 is 0 Å². The van der Waals surface area contributed by atoms with E-state index in [9.17, 15) is 9.59 Å². The minimum absolute atomic E-state index is 0.170. The van der Waals surface area contributed by atoms with E-state index in [1.165, 1.54) is 16.9 Å². The van der Waals surface area contributed by atoms with Gasteiger partial charge in [0.25, 0.3) is 5.56 Å². The van der Waals surface area contributed by atoms with Crippen LogP contribution >= 0.6 is 11.3 Å². The molecular formula is C20H22N4O2S. The van der Waals surface area contributed by atoms with Gasteiger partial charge in [-0.1, -0.05) is 31.2 Å². The predicted octanol–water partition coefficient (Wildman–Crippen LogP) is 3.64. The number of nitrogens with zero attached hydrogens (tertiary/aromatic N) is 2. The summed E-state index contributed by atoms with van der Waals surface area (Å²) in [6.07, 6.45) is 1.54. The number of aromatic nitrogens is 3. The summed E-state index contributed by atoms with van der Waals surface area (Å²) in [6, 6.07) is 8.25. The lowest BCUT2D eigenvalue weighted by Gasteiger charge is -2.05. The molecule has 1 aromatic carbocycles. The number of rotatable bonds is 6. The van der Waals surface area contributed by atoms with E-state index in [0.717, 1.165) is 17.7 Å². The number of amides is 1. The molecule has 0 saturated carbocycles. The van der Waals surface area contributed by atoms with Gasteiger partial charge in [-0.2, -0.15) is 0 Å². The lowest BCUT2D eigenvalue weighted by molar-refractivity contribution is -0.116. The highest BCUT2D eigenvalue weighted by molar-refractivity contribution is 7.14. The number of aryl methyl sites for hydroxylation is 3. The second-order valence-electron chi connectivity index (χ2n) is 6.35. The summed E-state index contributed by atoms with van der Waals surface area (Å²) in [5.74, 6) is 0.407. The predicted molar refractivity (Wildman–Crippen MR) is 108 cm³/mol. The number of benzene rings is 1. The van der Waals surface area contributed by atoms with Gasteiger partial charge in [0.1, 0.15) is 5.82 Å². The zero-order chi connectivity index (χ0) is 19.4. The van der Waals surface area contributed by atoms with E-state index in [2.05, 4.69) is 39.3 Å². The van der Waals surface area contributed by atoms with Crippen molar-refractivity contribution in [2.45, 2.75) is 40.0 Å². The third kappa shape index (κ3) is 4.68. The highest BCUT2D eigenvalue weighted by Gasteiger charge is 2.12. The Bertz CT molecular complexity index is 1010. The summed E-state index contributed by atoms with van der Waals surface area (Å²) in [5.41, 5.74) is 4.17. The Kier molecular flexibility index (Phi) is 5.81. The van der Waals surface area contributed by atoms with Crippen molar-refractivity contribution in [2.24, 2.45) is 0 Å². The Balaban J connectivity index is 1.62. The molecule has 0 radical (unpaired) electrons. The maximum atomic E-state index is 12.2. The van der Waals surface area contributed by atoms with Crippen molar-refractivity contribution in [3.8, 4) is 11.3 Å². The number of hydrogen-bond donors (Lipinski definition) is 2. The van der Waals surface area contributed by atoms with E-state index in [1.54, 1.807) is 13.8 Å². The van der Waals surface area contributed by atoms with Crippen molar-refractivity contribution in [1.29, 1.82) is 0 Å². The van der Waals surface area contributed by atoms with Gasteiger partial charge in [0.05, 0.1) is 5.69 Å². The van der Waals surface area contributed by atoms with Gasteiger partial charge in [-0.3, -0.25) is 9.59 Å². The first kappa shape index (κ1) is 19.0. The van der Waals surface area contributed by atoms with Gasteiger partial charge < -0.3 is 10.3 Å². The van der Waals surface area contributed by atoms with Crippen LogP contribution in [-0.2, 0) is 17.6 Å². The van der Waals surface area contributed by atoms with Crippen LogP contribution in [0, 0.1) is 13.8 Å². The number of hydrogen-bond acceptors (Lipinski definition) is 5. The molecule has 7 heteroatoms. The average Bonchev–Trinajstić information content (AvgIpc) is 3.09. The fourth-order valence-electron chi connectivity index (χ4n) is 2.84. The van der Waals surface area contributed by atoms with Crippen LogP contribution in [0.1, 0.15) is 36.0 Å². The zero-order valence-corrected chi connectivity index (χ0v) is 16.4. The highest BCUT2D eigenvalue weighted by atomic mass is 32.1. The Morgan fingerprint density at radius 2 is 1.93 bits per heavy atom. The minimum atomic E-state index is -0.181. The van der Waals surface area contributed by atoms with Crippen LogP contribution in [-0.4, -0.2) is 20.9 Å². The number of anilines is 1. The molecular weight excluding hydrogens is 360 g/mol. The third-order valence-electron chi connectivity index (χ3n) is 4.35. The van der Waals surface area contributed by atoms with Crippen LogP contribution in [0.25, 0.3) is 11.3 Å². The van der Waals surface area contributed by atoms with Gasteiger partial charge in [-0.05, 0) is 32.3 Å². The molecule has 3 rings (SSSR count). The molecule has 0 aliphatic rings. The van der Waals surface area contributed by atoms with E-state index < -0.39 is 0 Å². The van der Waals surface area contributed by atoms with Crippen LogP contribution in [0.3, 0.4) is 0 Å². The van der Waals surface area contributed by atoms with E-state index in [-0.39, 0.29) is 17.9 Å². The molecule has 0 spiro atoms. The Morgan fingerprint density at radius 1 is 1.19 bits per heavy atom. The number of H-pyrrole nitrogens is 1. The fraction of sp³-hybridized carbons (Fsp3) is 0.300. The van der Waals surface area contributed by atoms with Crippen molar-refractivity contribution < 1.29 is 4.79 Å². The summed E-state index contributed by atoms with van der Waals surface area (Å²) in [6.45, 7) is 5.64. The molecule has 2 aromatic heterocycles. The van der Waals surface area contributed by atoms with Gasteiger partial charge in [-0.25, -0.2) is 9.97 Å². The first-order chi connectivity index (χ1) is 13.0.